The number of anilines is 1. The first kappa shape index (κ1) is 14.3. The minimum atomic E-state index is 0.475. The van der Waals surface area contributed by atoms with Crippen molar-refractivity contribution in [3.63, 3.8) is 0 Å². The average Bonchev–Trinajstić information content (AvgIpc) is 2.59. The van der Waals surface area contributed by atoms with Gasteiger partial charge in [0, 0.05) is 11.4 Å². The van der Waals surface area contributed by atoms with Crippen molar-refractivity contribution < 1.29 is 0 Å². The number of allylic oxidation sites excluding steroid dienone is 5. The van der Waals surface area contributed by atoms with Gasteiger partial charge in [0.25, 0.3) is 0 Å². The van der Waals surface area contributed by atoms with Crippen LogP contribution in [0, 0.1) is 12.8 Å². The molecule has 0 bridgehead atoms. The van der Waals surface area contributed by atoms with Crippen LogP contribution in [0.25, 0.3) is 0 Å². The highest BCUT2D eigenvalue weighted by Crippen LogP contribution is 2.15. The lowest BCUT2D eigenvalue weighted by Crippen LogP contribution is -1.98. The van der Waals surface area contributed by atoms with Crippen LogP contribution in [0.5, 0.6) is 0 Å². The van der Waals surface area contributed by atoms with E-state index < -0.39 is 0 Å². The van der Waals surface area contributed by atoms with E-state index in [4.69, 9.17) is 0 Å². The lowest BCUT2D eigenvalue weighted by molar-refractivity contribution is 0.934. The summed E-state index contributed by atoms with van der Waals surface area (Å²) in [6, 6.07) is 8.44. The number of aryl methyl sites for hydroxylation is 1. The van der Waals surface area contributed by atoms with E-state index in [1.54, 1.807) is 0 Å². The fourth-order valence-electron chi connectivity index (χ4n) is 1.68. The summed E-state index contributed by atoms with van der Waals surface area (Å²) >= 11 is 0. The molecule has 1 aliphatic carbocycles. The van der Waals surface area contributed by atoms with Gasteiger partial charge in [-0.2, -0.15) is 0 Å². The predicted octanol–water partition coefficient (Wildman–Crippen LogP) is 5.08. The maximum absolute atomic E-state index is 3.41. The Balaban J connectivity index is 0.000000771. The van der Waals surface area contributed by atoms with E-state index in [1.807, 2.05) is 13.8 Å². The molecule has 0 aliphatic heterocycles. The molecule has 0 radical (unpaired) electrons. The molecular weight excluding hydrogens is 218 g/mol. The lowest BCUT2D eigenvalue weighted by atomic mass is 10.1. The largest absolute Gasteiger partial charge is 0.356 e. The third-order valence-electron chi connectivity index (χ3n) is 2.58. The van der Waals surface area contributed by atoms with Crippen LogP contribution < -0.4 is 5.32 Å². The zero-order chi connectivity index (χ0) is 13.4. The van der Waals surface area contributed by atoms with Crippen molar-refractivity contribution in [1.29, 1.82) is 0 Å². The van der Waals surface area contributed by atoms with Gasteiger partial charge >= 0.3 is 0 Å². The second-order valence-corrected chi connectivity index (χ2v) is 4.22. The molecule has 1 heteroatoms. The summed E-state index contributed by atoms with van der Waals surface area (Å²) in [5.41, 5.74) is 3.57. The molecule has 0 amide bonds. The number of nitrogens with one attached hydrogen (secondary N) is 1. The van der Waals surface area contributed by atoms with E-state index >= 15 is 0 Å². The zero-order valence-electron chi connectivity index (χ0n) is 11.8. The molecule has 1 N–H and O–H groups in total. The van der Waals surface area contributed by atoms with E-state index in [1.165, 1.54) is 5.56 Å². The molecule has 1 aromatic rings. The van der Waals surface area contributed by atoms with E-state index in [9.17, 15) is 0 Å². The van der Waals surface area contributed by atoms with Crippen LogP contribution in [-0.2, 0) is 0 Å². The Hall–Kier alpha value is -1.76. The zero-order valence-corrected chi connectivity index (χ0v) is 11.8. The highest BCUT2D eigenvalue weighted by molar-refractivity contribution is 5.52. The molecule has 2 rings (SSSR count). The van der Waals surface area contributed by atoms with Gasteiger partial charge in [-0.1, -0.05) is 62.8 Å². The monoisotopic (exact) mass is 241 g/mol. The van der Waals surface area contributed by atoms with Crippen LogP contribution in [0.4, 0.5) is 5.69 Å². The van der Waals surface area contributed by atoms with Crippen LogP contribution in [0.1, 0.15) is 26.3 Å². The Bertz CT molecular complexity index is 435. The van der Waals surface area contributed by atoms with Gasteiger partial charge in [0.2, 0.25) is 0 Å². The molecule has 96 valence electrons. The van der Waals surface area contributed by atoms with Gasteiger partial charge in [0.05, 0.1) is 0 Å². The Morgan fingerprint density at radius 1 is 1.00 bits per heavy atom. The van der Waals surface area contributed by atoms with E-state index in [-0.39, 0.29) is 0 Å². The first-order chi connectivity index (χ1) is 8.74. The highest BCUT2D eigenvalue weighted by Gasteiger charge is 1.99. The highest BCUT2D eigenvalue weighted by atomic mass is 14.9. The molecule has 0 aromatic heterocycles. The quantitative estimate of drug-likeness (QED) is 0.761. The van der Waals surface area contributed by atoms with Crippen molar-refractivity contribution in [2.75, 3.05) is 5.32 Å². The first-order valence-corrected chi connectivity index (χ1v) is 6.64. The van der Waals surface area contributed by atoms with Gasteiger partial charge in [0.15, 0.2) is 0 Å². The minimum absolute atomic E-state index is 0.475. The van der Waals surface area contributed by atoms with E-state index in [0.717, 1.165) is 11.4 Å². The first-order valence-electron chi connectivity index (χ1n) is 6.64. The van der Waals surface area contributed by atoms with E-state index in [2.05, 4.69) is 73.8 Å². The molecule has 18 heavy (non-hydrogen) atoms. The van der Waals surface area contributed by atoms with Crippen LogP contribution >= 0.6 is 0 Å². The van der Waals surface area contributed by atoms with Crippen molar-refractivity contribution in [3.05, 3.63) is 65.9 Å². The standard InChI is InChI=1S/C15H17N.C2H6/c1-12-7-9-14(10-8-12)16-15-6-4-3-5-13(2)11-15;1-2/h3-11,13,16H,1-2H3;1-2H3. The summed E-state index contributed by atoms with van der Waals surface area (Å²) in [4.78, 5) is 0. The summed E-state index contributed by atoms with van der Waals surface area (Å²) in [7, 11) is 0. The topological polar surface area (TPSA) is 12.0 Å². The fourth-order valence-corrected chi connectivity index (χ4v) is 1.68. The third-order valence-corrected chi connectivity index (χ3v) is 2.58. The maximum atomic E-state index is 3.41. The van der Waals surface area contributed by atoms with Gasteiger partial charge in [-0.05, 0) is 31.1 Å². The van der Waals surface area contributed by atoms with Crippen molar-refractivity contribution in [1.82, 2.24) is 0 Å². The van der Waals surface area contributed by atoms with Gasteiger partial charge in [-0.15, -0.1) is 0 Å². The summed E-state index contributed by atoms with van der Waals surface area (Å²) < 4.78 is 0. The van der Waals surface area contributed by atoms with Gasteiger partial charge in [-0.25, -0.2) is 0 Å². The molecule has 0 saturated heterocycles. The SMILES string of the molecule is CC.Cc1ccc(NC2=CC(C)C=CC=C2)cc1. The molecule has 1 nitrogen and oxygen atoms in total. The summed E-state index contributed by atoms with van der Waals surface area (Å²) in [5, 5.41) is 3.41. The second kappa shape index (κ2) is 7.54. The minimum Gasteiger partial charge on any atom is -0.356 e. The number of hydrogen-bond acceptors (Lipinski definition) is 1. The normalized spacial score (nSPS) is 17.3. The number of rotatable bonds is 2. The summed E-state index contributed by atoms with van der Waals surface area (Å²) in [6.45, 7) is 8.28. The van der Waals surface area contributed by atoms with Gasteiger partial charge in [0.1, 0.15) is 0 Å². The smallest absolute Gasteiger partial charge is 0.0384 e. The number of hydrogen-bond donors (Lipinski definition) is 1. The van der Waals surface area contributed by atoms with Crippen LogP contribution in [-0.4, -0.2) is 0 Å². The second-order valence-electron chi connectivity index (χ2n) is 4.22. The van der Waals surface area contributed by atoms with Crippen molar-refractivity contribution in [2.45, 2.75) is 27.7 Å². The molecule has 1 aliphatic rings. The molecule has 1 atom stereocenters. The molecular formula is C17H23N. The van der Waals surface area contributed by atoms with Gasteiger partial charge < -0.3 is 5.32 Å². The van der Waals surface area contributed by atoms with Crippen LogP contribution in [0.3, 0.4) is 0 Å². The van der Waals surface area contributed by atoms with Crippen LogP contribution in [0.2, 0.25) is 0 Å². The van der Waals surface area contributed by atoms with Crippen molar-refractivity contribution in [2.24, 2.45) is 5.92 Å². The number of benzene rings is 1. The maximum Gasteiger partial charge on any atom is 0.0384 e. The van der Waals surface area contributed by atoms with Crippen LogP contribution in [0.15, 0.2) is 60.3 Å². The Kier molecular flexibility index (Phi) is 5.99. The van der Waals surface area contributed by atoms with E-state index in [0.29, 0.717) is 5.92 Å². The average molecular weight is 241 g/mol. The third kappa shape index (κ3) is 4.62. The lowest BCUT2D eigenvalue weighted by Gasteiger charge is -2.08. The molecule has 0 fully saturated rings. The molecule has 1 unspecified atom stereocenters. The molecule has 0 spiro atoms. The summed E-state index contributed by atoms with van der Waals surface area (Å²) in [6.07, 6.45) is 10.7. The molecule has 1 aromatic carbocycles. The Labute approximate surface area is 111 Å². The predicted molar refractivity (Wildman–Crippen MR) is 81.7 cm³/mol. The molecule has 0 saturated carbocycles. The van der Waals surface area contributed by atoms with Crippen molar-refractivity contribution in [3.8, 4) is 0 Å². The van der Waals surface area contributed by atoms with Gasteiger partial charge in [-0.3, -0.25) is 0 Å². The summed E-state index contributed by atoms with van der Waals surface area (Å²) in [5.74, 6) is 0.475. The fraction of sp³-hybridized carbons (Fsp3) is 0.294. The van der Waals surface area contributed by atoms with Crippen molar-refractivity contribution >= 4 is 5.69 Å². The molecule has 0 heterocycles. The Morgan fingerprint density at radius 3 is 2.33 bits per heavy atom. The Morgan fingerprint density at radius 2 is 1.67 bits per heavy atom.